The van der Waals surface area contributed by atoms with Gasteiger partial charge in [0.25, 0.3) is 5.56 Å². The van der Waals surface area contributed by atoms with Crippen LogP contribution in [0.1, 0.15) is 107 Å². The molecule has 1 atom stereocenters. The second-order valence-corrected chi connectivity index (χ2v) is 10.2. The van der Waals surface area contributed by atoms with Gasteiger partial charge in [-0.15, -0.1) is 5.10 Å². The maximum atomic E-state index is 13.2. The van der Waals surface area contributed by atoms with Crippen LogP contribution in [0.3, 0.4) is 0 Å². The Bertz CT molecular complexity index is 1160. The maximum Gasteiger partial charge on any atom is 0.252 e. The number of tetrazole rings is 1. The van der Waals surface area contributed by atoms with Crippen molar-refractivity contribution in [2.24, 2.45) is 0 Å². The molecule has 0 radical (unpaired) electrons. The van der Waals surface area contributed by atoms with Crippen molar-refractivity contribution in [1.82, 2.24) is 30.1 Å². The van der Waals surface area contributed by atoms with E-state index in [4.69, 9.17) is 0 Å². The molecule has 0 bridgehead atoms. The molecule has 5 rings (SSSR count). The third-order valence-electron chi connectivity index (χ3n) is 8.06. The van der Waals surface area contributed by atoms with E-state index in [2.05, 4.69) is 62.1 Å². The van der Waals surface area contributed by atoms with Crippen molar-refractivity contribution in [3.63, 3.8) is 0 Å². The van der Waals surface area contributed by atoms with Crippen molar-refractivity contribution in [3.05, 3.63) is 51.6 Å². The van der Waals surface area contributed by atoms with Crippen LogP contribution < -0.4 is 5.56 Å². The zero-order valence-corrected chi connectivity index (χ0v) is 20.7. The Hall–Kier alpha value is -2.54. The average Bonchev–Trinajstić information content (AvgIpc) is 3.57. The van der Waals surface area contributed by atoms with Gasteiger partial charge in [0.1, 0.15) is 0 Å². The van der Waals surface area contributed by atoms with E-state index in [1.165, 1.54) is 50.5 Å². The van der Waals surface area contributed by atoms with Gasteiger partial charge >= 0.3 is 0 Å². The number of hydrogen-bond donors (Lipinski definition) is 1. The topological polar surface area (TPSA) is 79.7 Å². The van der Waals surface area contributed by atoms with Crippen LogP contribution in [0, 0.1) is 0 Å². The van der Waals surface area contributed by atoms with Crippen molar-refractivity contribution in [2.75, 3.05) is 0 Å². The smallest absolute Gasteiger partial charge is 0.252 e. The van der Waals surface area contributed by atoms with Crippen molar-refractivity contribution >= 4 is 10.9 Å². The van der Waals surface area contributed by atoms with Crippen molar-refractivity contribution < 1.29 is 0 Å². The van der Waals surface area contributed by atoms with Gasteiger partial charge in [-0.2, -0.15) is 0 Å². The van der Waals surface area contributed by atoms with Crippen LogP contribution in [0.2, 0.25) is 0 Å². The molecule has 1 N–H and O–H groups in total. The van der Waals surface area contributed by atoms with E-state index < -0.39 is 0 Å². The van der Waals surface area contributed by atoms with Gasteiger partial charge in [-0.25, -0.2) is 4.68 Å². The van der Waals surface area contributed by atoms with E-state index in [1.54, 1.807) is 0 Å². The van der Waals surface area contributed by atoms with Crippen LogP contribution >= 0.6 is 0 Å². The Kier molecular flexibility index (Phi) is 7.09. The van der Waals surface area contributed by atoms with Crippen molar-refractivity contribution in [3.8, 4) is 0 Å². The summed E-state index contributed by atoms with van der Waals surface area (Å²) in [5, 5.41) is 14.2. The molecule has 3 aromatic rings. The number of nitrogens with one attached hydrogen (secondary N) is 1. The van der Waals surface area contributed by atoms with E-state index in [9.17, 15) is 4.79 Å². The Balaban J connectivity index is 1.52. The van der Waals surface area contributed by atoms with E-state index in [0.717, 1.165) is 48.0 Å². The molecule has 0 amide bonds. The Morgan fingerprint density at radius 3 is 2.56 bits per heavy atom. The number of pyridine rings is 1. The second kappa shape index (κ2) is 10.4. The minimum atomic E-state index is 0.0165. The highest BCUT2D eigenvalue weighted by molar-refractivity contribution is 5.79. The SMILES string of the molecule is CCc1ccc2[nH]c(=O)c(CN(C3CCCCC3)[C@@H](CC)c3nnnn3C3CCCC3)cc2c1. The molecule has 1 aromatic carbocycles. The fourth-order valence-corrected chi connectivity index (χ4v) is 6.14. The fourth-order valence-electron chi connectivity index (χ4n) is 6.14. The highest BCUT2D eigenvalue weighted by Crippen LogP contribution is 2.36. The lowest BCUT2D eigenvalue weighted by molar-refractivity contribution is 0.0830. The first-order valence-electron chi connectivity index (χ1n) is 13.4. The van der Waals surface area contributed by atoms with Crippen molar-refractivity contribution in [2.45, 2.75) is 109 Å². The number of aryl methyl sites for hydroxylation is 1. The van der Waals surface area contributed by atoms with Gasteiger partial charge in [0, 0.05) is 23.7 Å². The Morgan fingerprint density at radius 1 is 1.06 bits per heavy atom. The van der Waals surface area contributed by atoms with Crippen LogP contribution in [0.15, 0.2) is 29.1 Å². The molecule has 34 heavy (non-hydrogen) atoms. The lowest BCUT2D eigenvalue weighted by atomic mass is 9.92. The first kappa shape index (κ1) is 23.2. The lowest BCUT2D eigenvalue weighted by Gasteiger charge is -2.39. The number of nitrogens with zero attached hydrogens (tertiary/aromatic N) is 5. The predicted octanol–water partition coefficient (Wildman–Crippen LogP) is 5.48. The molecule has 0 spiro atoms. The van der Waals surface area contributed by atoms with Crippen LogP contribution in [0.25, 0.3) is 10.9 Å². The van der Waals surface area contributed by atoms with Gasteiger partial charge in [-0.3, -0.25) is 9.69 Å². The number of aromatic amines is 1. The molecule has 2 saturated carbocycles. The molecule has 182 valence electrons. The van der Waals surface area contributed by atoms with Gasteiger partial charge < -0.3 is 4.98 Å². The molecule has 7 heteroatoms. The summed E-state index contributed by atoms with van der Waals surface area (Å²) in [5.74, 6) is 0.977. The van der Waals surface area contributed by atoms with Gasteiger partial charge in [-0.05, 0) is 78.1 Å². The molecule has 7 nitrogen and oxygen atoms in total. The molecule has 2 fully saturated rings. The molecule has 2 aliphatic carbocycles. The highest BCUT2D eigenvalue weighted by atomic mass is 16.1. The van der Waals surface area contributed by atoms with Gasteiger partial charge in [0.05, 0.1) is 12.1 Å². The summed E-state index contributed by atoms with van der Waals surface area (Å²) >= 11 is 0. The molecule has 0 aliphatic heterocycles. The third-order valence-corrected chi connectivity index (χ3v) is 8.06. The van der Waals surface area contributed by atoms with Gasteiger partial charge in [-0.1, -0.05) is 52.0 Å². The standard InChI is InChI=1S/C27H38N6O/c1-3-19-14-15-24-20(16-19)17-21(27(34)28-24)18-32(22-10-6-5-7-11-22)25(4-2)26-29-30-31-33(26)23-12-8-9-13-23/h14-17,22-23,25H,3-13,18H2,1-2H3,(H,28,34)/t25-/m0/s1. The summed E-state index contributed by atoms with van der Waals surface area (Å²) in [7, 11) is 0. The highest BCUT2D eigenvalue weighted by Gasteiger charge is 2.33. The normalized spacial score (nSPS) is 18.8. The first-order chi connectivity index (χ1) is 16.7. The number of fused-ring (bicyclic) bond motifs is 1. The third kappa shape index (κ3) is 4.67. The van der Waals surface area contributed by atoms with Gasteiger partial charge in [0.2, 0.25) is 0 Å². The molecule has 0 unspecified atom stereocenters. The Morgan fingerprint density at radius 2 is 1.82 bits per heavy atom. The van der Waals surface area contributed by atoms with Crippen LogP contribution in [-0.4, -0.2) is 36.1 Å². The number of rotatable bonds is 8. The Labute approximate surface area is 201 Å². The van der Waals surface area contributed by atoms with Crippen LogP contribution in [0.5, 0.6) is 0 Å². The molecule has 2 aromatic heterocycles. The van der Waals surface area contributed by atoms with Crippen molar-refractivity contribution in [1.29, 1.82) is 0 Å². The first-order valence-corrected chi connectivity index (χ1v) is 13.4. The number of hydrogen-bond acceptors (Lipinski definition) is 5. The summed E-state index contributed by atoms with van der Waals surface area (Å²) in [6.07, 6.45) is 12.9. The molecule has 2 aliphatic rings. The number of benzene rings is 1. The van der Waals surface area contributed by atoms with Crippen LogP contribution in [-0.2, 0) is 13.0 Å². The molecule has 0 saturated heterocycles. The molecular formula is C27H38N6O. The zero-order valence-electron chi connectivity index (χ0n) is 20.7. The quantitative estimate of drug-likeness (QED) is 0.480. The largest absolute Gasteiger partial charge is 0.322 e. The fraction of sp³-hybridized carbons (Fsp3) is 0.630. The van der Waals surface area contributed by atoms with E-state index in [1.807, 2.05) is 6.07 Å². The monoisotopic (exact) mass is 462 g/mol. The predicted molar refractivity (Wildman–Crippen MR) is 135 cm³/mol. The summed E-state index contributed by atoms with van der Waals surface area (Å²) < 4.78 is 2.11. The molecular weight excluding hydrogens is 424 g/mol. The summed E-state index contributed by atoms with van der Waals surface area (Å²) in [6, 6.07) is 9.41. The minimum Gasteiger partial charge on any atom is -0.322 e. The number of H-pyrrole nitrogens is 1. The summed E-state index contributed by atoms with van der Waals surface area (Å²) in [4.78, 5) is 18.8. The number of aromatic nitrogens is 5. The van der Waals surface area contributed by atoms with E-state index in [-0.39, 0.29) is 11.6 Å². The van der Waals surface area contributed by atoms with E-state index in [0.29, 0.717) is 18.6 Å². The maximum absolute atomic E-state index is 13.2. The zero-order chi connectivity index (χ0) is 23.5. The van der Waals surface area contributed by atoms with Gasteiger partial charge in [0.15, 0.2) is 5.82 Å². The lowest BCUT2D eigenvalue weighted by Crippen LogP contribution is -2.41. The minimum absolute atomic E-state index is 0.0165. The molecule has 2 heterocycles. The van der Waals surface area contributed by atoms with Crippen LogP contribution in [0.4, 0.5) is 0 Å². The second-order valence-electron chi connectivity index (χ2n) is 10.2. The summed E-state index contributed by atoms with van der Waals surface area (Å²) in [5.41, 5.74) is 3.05. The summed E-state index contributed by atoms with van der Waals surface area (Å²) in [6.45, 7) is 5.02. The average molecular weight is 463 g/mol. The van der Waals surface area contributed by atoms with E-state index >= 15 is 0 Å².